The molecule has 0 radical (unpaired) electrons. The number of rotatable bonds is 2. The number of imide groups is 1. The Bertz CT molecular complexity index is 619. The van der Waals surface area contributed by atoms with Crippen LogP contribution in [0.15, 0.2) is 16.6 Å². The maximum atomic E-state index is 12.4. The van der Waals surface area contributed by atoms with E-state index in [0.717, 1.165) is 0 Å². The highest BCUT2D eigenvalue weighted by Gasteiger charge is 2.33. The van der Waals surface area contributed by atoms with Crippen LogP contribution in [-0.2, 0) is 9.47 Å². The summed E-state index contributed by atoms with van der Waals surface area (Å²) in [6, 6.07) is 2.92. The van der Waals surface area contributed by atoms with Gasteiger partial charge in [-0.3, -0.25) is 4.79 Å². The predicted octanol–water partition coefficient (Wildman–Crippen LogP) is 4.33. The Labute approximate surface area is 149 Å². The van der Waals surface area contributed by atoms with Crippen molar-refractivity contribution in [1.29, 1.82) is 0 Å². The van der Waals surface area contributed by atoms with Crippen LogP contribution in [0.4, 0.5) is 15.4 Å². The minimum atomic E-state index is -0.941. The van der Waals surface area contributed by atoms with Gasteiger partial charge in [0, 0.05) is 4.47 Å². The Morgan fingerprint density at radius 1 is 1.04 bits per heavy atom. The quantitative estimate of drug-likeness (QED) is 0.686. The molecule has 1 aromatic rings. The molecule has 0 N–H and O–H groups in total. The average Bonchev–Trinajstić information content (AvgIpc) is 2.36. The van der Waals surface area contributed by atoms with Crippen LogP contribution in [0.25, 0.3) is 0 Å². The first-order chi connectivity index (χ1) is 10.8. The minimum absolute atomic E-state index is 0.0459. The fourth-order valence-electron chi connectivity index (χ4n) is 1.53. The smallest absolute Gasteiger partial charge is 0.425 e. The van der Waals surface area contributed by atoms with Crippen LogP contribution in [0.3, 0.4) is 0 Å². The van der Waals surface area contributed by atoms with Crippen molar-refractivity contribution in [3.63, 3.8) is 0 Å². The topological polar surface area (TPSA) is 85.8 Å². The van der Waals surface area contributed by atoms with Gasteiger partial charge in [0.1, 0.15) is 22.7 Å². The Morgan fingerprint density at radius 3 is 1.88 bits per heavy atom. The van der Waals surface area contributed by atoms with Crippen molar-refractivity contribution >= 4 is 40.2 Å². The van der Waals surface area contributed by atoms with E-state index in [1.807, 2.05) is 0 Å². The molecule has 0 saturated heterocycles. The lowest BCUT2D eigenvalue weighted by Gasteiger charge is -2.28. The maximum absolute atomic E-state index is 12.4. The molecule has 0 aromatic carbocycles. The molecule has 1 rings (SSSR count). The molecule has 0 saturated carbocycles. The maximum Gasteiger partial charge on any atom is 0.425 e. The minimum Gasteiger partial charge on any atom is -0.443 e. The first kappa shape index (κ1) is 20.1. The number of anilines is 1. The molecule has 0 bridgehead atoms. The molecule has 0 spiro atoms. The van der Waals surface area contributed by atoms with Gasteiger partial charge in [-0.25, -0.2) is 14.6 Å². The van der Waals surface area contributed by atoms with E-state index in [4.69, 9.17) is 9.47 Å². The zero-order chi connectivity index (χ0) is 18.7. The van der Waals surface area contributed by atoms with Crippen LogP contribution < -0.4 is 4.90 Å². The number of pyridine rings is 1. The lowest BCUT2D eigenvalue weighted by molar-refractivity contribution is 0.0428. The molecule has 24 heavy (non-hydrogen) atoms. The normalized spacial score (nSPS) is 11.6. The van der Waals surface area contributed by atoms with E-state index < -0.39 is 23.4 Å². The van der Waals surface area contributed by atoms with Gasteiger partial charge in [-0.2, -0.15) is 4.90 Å². The number of hydrogen-bond donors (Lipinski definition) is 0. The van der Waals surface area contributed by atoms with Crippen molar-refractivity contribution in [2.75, 3.05) is 4.90 Å². The summed E-state index contributed by atoms with van der Waals surface area (Å²) in [6.07, 6.45) is -1.37. The highest BCUT2D eigenvalue weighted by atomic mass is 79.9. The summed E-state index contributed by atoms with van der Waals surface area (Å²) in [5.41, 5.74) is -1.59. The third kappa shape index (κ3) is 5.92. The number of amides is 2. The van der Waals surface area contributed by atoms with Crippen LogP contribution in [-0.4, -0.2) is 34.7 Å². The van der Waals surface area contributed by atoms with E-state index >= 15 is 0 Å². The molecule has 0 unspecified atom stereocenters. The highest BCUT2D eigenvalue weighted by Crippen LogP contribution is 2.23. The van der Waals surface area contributed by atoms with Crippen LogP contribution >= 0.6 is 15.9 Å². The van der Waals surface area contributed by atoms with E-state index in [2.05, 4.69) is 20.9 Å². The molecule has 0 aliphatic carbocycles. The van der Waals surface area contributed by atoms with Crippen LogP contribution in [0, 0.1) is 0 Å². The summed E-state index contributed by atoms with van der Waals surface area (Å²) < 4.78 is 10.9. The van der Waals surface area contributed by atoms with Crippen molar-refractivity contribution in [3.8, 4) is 0 Å². The highest BCUT2D eigenvalue weighted by molar-refractivity contribution is 9.10. The van der Waals surface area contributed by atoms with Gasteiger partial charge >= 0.3 is 12.2 Å². The van der Waals surface area contributed by atoms with Gasteiger partial charge in [0.2, 0.25) is 0 Å². The van der Waals surface area contributed by atoms with Crippen molar-refractivity contribution in [1.82, 2.24) is 4.98 Å². The van der Waals surface area contributed by atoms with E-state index in [0.29, 0.717) is 15.7 Å². The van der Waals surface area contributed by atoms with Gasteiger partial charge in [-0.1, -0.05) is 0 Å². The lowest BCUT2D eigenvalue weighted by Crippen LogP contribution is -2.44. The Balaban J connectivity index is 3.30. The molecule has 132 valence electrons. The first-order valence-corrected chi connectivity index (χ1v) is 8.01. The number of carbonyl (C=O) groups excluding carboxylic acids is 3. The van der Waals surface area contributed by atoms with E-state index in [-0.39, 0.29) is 11.5 Å². The largest absolute Gasteiger partial charge is 0.443 e. The number of aldehydes is 1. The summed E-state index contributed by atoms with van der Waals surface area (Å²) in [4.78, 5) is 40.6. The molecule has 8 heteroatoms. The number of nitrogens with zero attached hydrogens (tertiary/aromatic N) is 2. The van der Waals surface area contributed by atoms with Crippen LogP contribution in [0.2, 0.25) is 0 Å². The molecule has 0 aliphatic heterocycles. The van der Waals surface area contributed by atoms with Gasteiger partial charge in [-0.05, 0) is 69.6 Å². The molecule has 1 aromatic heterocycles. The predicted molar refractivity (Wildman–Crippen MR) is 92.3 cm³/mol. The molecule has 0 fully saturated rings. The van der Waals surface area contributed by atoms with E-state index in [9.17, 15) is 14.4 Å². The van der Waals surface area contributed by atoms with Gasteiger partial charge in [0.25, 0.3) is 0 Å². The standard InChI is InChI=1S/C16H21BrN2O5/c1-15(2,3)23-13(21)19(14(22)24-16(4,5)6)12-8-7-10(17)11(9-20)18-12/h7-9H,1-6H3. The van der Waals surface area contributed by atoms with Gasteiger partial charge in [0.15, 0.2) is 6.29 Å². The number of halogens is 1. The Morgan fingerprint density at radius 2 is 1.50 bits per heavy atom. The molecular weight excluding hydrogens is 380 g/mol. The van der Waals surface area contributed by atoms with Crippen molar-refractivity contribution in [2.24, 2.45) is 0 Å². The summed E-state index contributed by atoms with van der Waals surface area (Å²) in [6.45, 7) is 10.0. The monoisotopic (exact) mass is 400 g/mol. The Hall–Kier alpha value is -1.96. The van der Waals surface area contributed by atoms with E-state index in [1.54, 1.807) is 41.5 Å². The molecule has 1 heterocycles. The number of ether oxygens (including phenoxy) is 2. The van der Waals surface area contributed by atoms with Crippen molar-refractivity contribution in [3.05, 3.63) is 22.3 Å². The lowest BCUT2D eigenvalue weighted by atomic mass is 10.2. The number of hydrogen-bond acceptors (Lipinski definition) is 6. The zero-order valence-electron chi connectivity index (χ0n) is 14.5. The summed E-state index contributed by atoms with van der Waals surface area (Å²) in [5, 5.41) is 0. The van der Waals surface area contributed by atoms with E-state index in [1.165, 1.54) is 12.1 Å². The third-order valence-corrected chi connectivity index (χ3v) is 3.02. The number of carbonyl (C=O) groups is 3. The zero-order valence-corrected chi connectivity index (χ0v) is 16.1. The Kier molecular flexibility index (Phi) is 6.10. The third-order valence-electron chi connectivity index (χ3n) is 2.35. The second-order valence-corrected chi connectivity index (χ2v) is 7.80. The van der Waals surface area contributed by atoms with Crippen molar-refractivity contribution in [2.45, 2.75) is 52.7 Å². The van der Waals surface area contributed by atoms with Gasteiger partial charge in [0.05, 0.1) is 0 Å². The average molecular weight is 401 g/mol. The molecule has 0 atom stereocenters. The van der Waals surface area contributed by atoms with Crippen molar-refractivity contribution < 1.29 is 23.9 Å². The molecule has 0 aliphatic rings. The fraction of sp³-hybridized carbons (Fsp3) is 0.500. The van der Waals surface area contributed by atoms with Crippen LogP contribution in [0.5, 0.6) is 0 Å². The summed E-state index contributed by atoms with van der Waals surface area (Å²) in [5.74, 6) is -0.0659. The SMILES string of the molecule is CC(C)(C)OC(=O)N(C(=O)OC(C)(C)C)c1ccc(Br)c(C=O)n1. The number of aromatic nitrogens is 1. The van der Waals surface area contributed by atoms with Gasteiger partial charge in [-0.15, -0.1) is 0 Å². The first-order valence-electron chi connectivity index (χ1n) is 7.22. The van der Waals surface area contributed by atoms with Crippen LogP contribution in [0.1, 0.15) is 52.0 Å². The second-order valence-electron chi connectivity index (χ2n) is 6.95. The molecular formula is C16H21BrN2O5. The summed E-state index contributed by atoms with van der Waals surface area (Å²) in [7, 11) is 0. The summed E-state index contributed by atoms with van der Waals surface area (Å²) >= 11 is 3.17. The molecule has 7 nitrogen and oxygen atoms in total. The second kappa shape index (κ2) is 7.29. The van der Waals surface area contributed by atoms with Gasteiger partial charge < -0.3 is 9.47 Å². The fourth-order valence-corrected chi connectivity index (χ4v) is 1.85. The molecule has 2 amide bonds.